The SMILES string of the molecule is COc1ccc(-n2c(C)nnc2SCC(=O)N(C)C(C)C2CC2)cc1. The number of hydrogen-bond donors (Lipinski definition) is 0. The van der Waals surface area contributed by atoms with E-state index >= 15 is 0 Å². The maximum atomic E-state index is 12.5. The van der Waals surface area contributed by atoms with E-state index in [-0.39, 0.29) is 5.91 Å². The molecule has 25 heavy (non-hydrogen) atoms. The molecule has 1 aliphatic rings. The molecule has 0 aliphatic heterocycles. The summed E-state index contributed by atoms with van der Waals surface area (Å²) < 4.78 is 7.16. The van der Waals surface area contributed by atoms with Crippen LogP contribution in [0.4, 0.5) is 0 Å². The van der Waals surface area contributed by atoms with Crippen molar-refractivity contribution in [1.82, 2.24) is 19.7 Å². The van der Waals surface area contributed by atoms with Crippen LogP contribution >= 0.6 is 11.8 Å². The average Bonchev–Trinajstić information content (AvgIpc) is 3.42. The van der Waals surface area contributed by atoms with Gasteiger partial charge in [-0.25, -0.2) is 0 Å². The molecule has 134 valence electrons. The first-order chi connectivity index (χ1) is 12.0. The molecule has 1 saturated carbocycles. The third-order valence-electron chi connectivity index (χ3n) is 4.76. The molecule has 1 unspecified atom stereocenters. The predicted octanol–water partition coefficient (Wildman–Crippen LogP) is 2.93. The van der Waals surface area contributed by atoms with Crippen LogP contribution in [0.2, 0.25) is 0 Å². The normalized spacial score (nSPS) is 15.0. The van der Waals surface area contributed by atoms with Crippen molar-refractivity contribution in [3.63, 3.8) is 0 Å². The van der Waals surface area contributed by atoms with E-state index in [2.05, 4.69) is 17.1 Å². The minimum absolute atomic E-state index is 0.131. The molecule has 1 aliphatic carbocycles. The lowest BCUT2D eigenvalue weighted by Gasteiger charge is -2.24. The van der Waals surface area contributed by atoms with E-state index in [9.17, 15) is 4.79 Å². The zero-order valence-electron chi connectivity index (χ0n) is 15.1. The number of amides is 1. The standard InChI is InChI=1S/C18H24N4O2S/c1-12(14-5-6-14)21(3)17(23)11-25-18-20-19-13(2)22(18)15-7-9-16(24-4)10-8-15/h7-10,12,14H,5-6,11H2,1-4H3. The molecular formula is C18H24N4O2S. The minimum atomic E-state index is 0.131. The van der Waals surface area contributed by atoms with Gasteiger partial charge in [-0.05, 0) is 56.9 Å². The highest BCUT2D eigenvalue weighted by atomic mass is 32.2. The van der Waals surface area contributed by atoms with Crippen LogP contribution in [0.1, 0.15) is 25.6 Å². The van der Waals surface area contributed by atoms with Gasteiger partial charge in [0.25, 0.3) is 0 Å². The number of carbonyl (C=O) groups is 1. The van der Waals surface area contributed by atoms with Crippen LogP contribution in [0.3, 0.4) is 0 Å². The van der Waals surface area contributed by atoms with Gasteiger partial charge in [0.05, 0.1) is 12.9 Å². The Hall–Kier alpha value is -2.02. The second-order valence-electron chi connectivity index (χ2n) is 6.43. The topological polar surface area (TPSA) is 60.2 Å². The third-order valence-corrected chi connectivity index (χ3v) is 5.67. The van der Waals surface area contributed by atoms with Gasteiger partial charge in [0.1, 0.15) is 11.6 Å². The van der Waals surface area contributed by atoms with Crippen molar-refractivity contribution in [1.29, 1.82) is 0 Å². The third kappa shape index (κ3) is 3.98. The van der Waals surface area contributed by atoms with E-state index < -0.39 is 0 Å². The van der Waals surface area contributed by atoms with Gasteiger partial charge in [-0.2, -0.15) is 0 Å². The highest BCUT2D eigenvalue weighted by Crippen LogP contribution is 2.35. The summed E-state index contributed by atoms with van der Waals surface area (Å²) in [5.41, 5.74) is 0.956. The number of aryl methyl sites for hydroxylation is 1. The molecule has 1 fully saturated rings. The summed E-state index contributed by atoms with van der Waals surface area (Å²) in [5.74, 6) is 2.76. The van der Waals surface area contributed by atoms with Gasteiger partial charge >= 0.3 is 0 Å². The molecule has 1 atom stereocenters. The summed E-state index contributed by atoms with van der Waals surface area (Å²) in [7, 11) is 3.54. The Morgan fingerprint density at radius 1 is 1.36 bits per heavy atom. The molecule has 1 amide bonds. The zero-order valence-corrected chi connectivity index (χ0v) is 15.9. The second kappa shape index (κ2) is 7.47. The summed E-state index contributed by atoms with van der Waals surface area (Å²) in [6, 6.07) is 8.04. The average molecular weight is 360 g/mol. The van der Waals surface area contributed by atoms with Crippen LogP contribution in [-0.2, 0) is 4.79 Å². The lowest BCUT2D eigenvalue weighted by molar-refractivity contribution is -0.129. The number of benzene rings is 1. The summed E-state index contributed by atoms with van der Waals surface area (Å²) in [6.45, 7) is 4.04. The Bertz CT molecular complexity index is 740. The number of carbonyl (C=O) groups excluding carboxylic acids is 1. The molecule has 6 nitrogen and oxygen atoms in total. The van der Waals surface area contributed by atoms with Gasteiger partial charge < -0.3 is 9.64 Å². The lowest BCUT2D eigenvalue weighted by atomic mass is 10.2. The number of hydrogen-bond acceptors (Lipinski definition) is 5. The quantitative estimate of drug-likeness (QED) is 0.711. The Labute approximate surface area is 152 Å². The van der Waals surface area contributed by atoms with E-state index in [1.165, 1.54) is 24.6 Å². The Morgan fingerprint density at radius 2 is 2.04 bits per heavy atom. The number of thioether (sulfide) groups is 1. The zero-order chi connectivity index (χ0) is 18.0. The predicted molar refractivity (Wildman–Crippen MR) is 98.3 cm³/mol. The van der Waals surface area contributed by atoms with Crippen LogP contribution < -0.4 is 4.74 Å². The Balaban J connectivity index is 1.69. The first-order valence-corrected chi connectivity index (χ1v) is 9.44. The summed E-state index contributed by atoms with van der Waals surface area (Å²) in [6.07, 6.45) is 2.47. The molecule has 0 bridgehead atoms. The molecule has 1 heterocycles. The van der Waals surface area contributed by atoms with Crippen molar-refractivity contribution in [3.05, 3.63) is 30.1 Å². The van der Waals surface area contributed by atoms with Gasteiger partial charge in [-0.15, -0.1) is 10.2 Å². The minimum Gasteiger partial charge on any atom is -0.497 e. The molecule has 0 radical (unpaired) electrons. The van der Waals surface area contributed by atoms with Crippen molar-refractivity contribution in [2.45, 2.75) is 37.9 Å². The van der Waals surface area contributed by atoms with Gasteiger partial charge in [-0.3, -0.25) is 9.36 Å². The Kier molecular flexibility index (Phi) is 5.32. The fraction of sp³-hybridized carbons (Fsp3) is 0.500. The monoisotopic (exact) mass is 360 g/mol. The van der Waals surface area contributed by atoms with E-state index in [0.29, 0.717) is 17.7 Å². The maximum Gasteiger partial charge on any atom is 0.233 e. The van der Waals surface area contributed by atoms with Crippen molar-refractivity contribution < 1.29 is 9.53 Å². The number of rotatable bonds is 7. The smallest absolute Gasteiger partial charge is 0.233 e. The van der Waals surface area contributed by atoms with Gasteiger partial charge in [0.15, 0.2) is 5.16 Å². The maximum absolute atomic E-state index is 12.5. The molecule has 7 heteroatoms. The van der Waals surface area contributed by atoms with Crippen molar-refractivity contribution in [3.8, 4) is 11.4 Å². The fourth-order valence-corrected chi connectivity index (χ4v) is 3.74. The molecule has 1 aromatic heterocycles. The van der Waals surface area contributed by atoms with E-state index in [1.54, 1.807) is 7.11 Å². The van der Waals surface area contributed by atoms with Crippen molar-refractivity contribution in [2.24, 2.45) is 5.92 Å². The second-order valence-corrected chi connectivity index (χ2v) is 7.38. The van der Waals surface area contributed by atoms with Crippen LogP contribution in [-0.4, -0.2) is 51.5 Å². The molecule has 3 rings (SSSR count). The van der Waals surface area contributed by atoms with Crippen LogP contribution in [0.25, 0.3) is 5.69 Å². The first-order valence-electron chi connectivity index (χ1n) is 8.46. The summed E-state index contributed by atoms with van der Waals surface area (Å²) in [5, 5.41) is 9.13. The van der Waals surface area contributed by atoms with E-state index in [0.717, 1.165) is 22.4 Å². The largest absolute Gasteiger partial charge is 0.497 e. The summed E-state index contributed by atoms with van der Waals surface area (Å²) in [4.78, 5) is 14.3. The summed E-state index contributed by atoms with van der Waals surface area (Å²) >= 11 is 1.43. The molecule has 1 aromatic carbocycles. The van der Waals surface area contributed by atoms with E-state index in [1.807, 2.05) is 47.7 Å². The van der Waals surface area contributed by atoms with E-state index in [4.69, 9.17) is 4.74 Å². The number of ether oxygens (including phenoxy) is 1. The molecular weight excluding hydrogens is 336 g/mol. The molecule has 2 aromatic rings. The molecule has 0 spiro atoms. The van der Waals surface area contributed by atoms with Gasteiger partial charge in [0.2, 0.25) is 5.91 Å². The van der Waals surface area contributed by atoms with Crippen molar-refractivity contribution >= 4 is 17.7 Å². The highest BCUT2D eigenvalue weighted by Gasteiger charge is 2.32. The Morgan fingerprint density at radius 3 is 2.64 bits per heavy atom. The van der Waals surface area contributed by atoms with Crippen LogP contribution in [0.15, 0.2) is 29.4 Å². The molecule has 0 N–H and O–H groups in total. The first kappa shape index (κ1) is 17.8. The van der Waals surface area contributed by atoms with Crippen LogP contribution in [0, 0.1) is 12.8 Å². The number of methoxy groups -OCH3 is 1. The van der Waals surface area contributed by atoms with Gasteiger partial charge in [-0.1, -0.05) is 11.8 Å². The van der Waals surface area contributed by atoms with Gasteiger partial charge in [0, 0.05) is 18.8 Å². The number of nitrogens with zero attached hydrogens (tertiary/aromatic N) is 4. The van der Waals surface area contributed by atoms with Crippen LogP contribution in [0.5, 0.6) is 5.75 Å². The highest BCUT2D eigenvalue weighted by molar-refractivity contribution is 7.99. The number of aromatic nitrogens is 3. The molecule has 0 saturated heterocycles. The fourth-order valence-electron chi connectivity index (χ4n) is 2.82. The van der Waals surface area contributed by atoms with Crippen molar-refractivity contribution in [2.75, 3.05) is 19.9 Å². The lowest BCUT2D eigenvalue weighted by Crippen LogP contribution is -2.37.